The summed E-state index contributed by atoms with van der Waals surface area (Å²) in [4.78, 5) is 23.3. The van der Waals surface area contributed by atoms with Crippen LogP contribution in [0, 0.1) is 5.92 Å². The van der Waals surface area contributed by atoms with E-state index in [9.17, 15) is 14.7 Å². The van der Waals surface area contributed by atoms with Gasteiger partial charge in [0, 0.05) is 12.5 Å². The van der Waals surface area contributed by atoms with Crippen LogP contribution in [0.25, 0.3) is 0 Å². The number of amides is 2. The van der Waals surface area contributed by atoms with Gasteiger partial charge in [0.15, 0.2) is 0 Å². The number of hydrazone groups is 1. The van der Waals surface area contributed by atoms with Crippen LogP contribution in [0.2, 0.25) is 0 Å². The summed E-state index contributed by atoms with van der Waals surface area (Å²) in [5.74, 6) is -0.723. The van der Waals surface area contributed by atoms with Gasteiger partial charge in [-0.3, -0.25) is 15.0 Å². The lowest BCUT2D eigenvalue weighted by Crippen LogP contribution is -2.30. The highest BCUT2D eigenvalue weighted by molar-refractivity contribution is 5.99. The Balaban J connectivity index is 1.92. The summed E-state index contributed by atoms with van der Waals surface area (Å²) in [6, 6.07) is 6.41. The van der Waals surface area contributed by atoms with Gasteiger partial charge in [-0.05, 0) is 43.7 Å². The molecular weight excluding hydrogens is 272 g/mol. The van der Waals surface area contributed by atoms with Gasteiger partial charge in [-0.25, -0.2) is 10.9 Å². The second-order valence-corrected chi connectivity index (χ2v) is 5.01. The van der Waals surface area contributed by atoms with E-state index in [1.54, 1.807) is 31.2 Å². The number of phenolic OH excluding ortho intramolecular Hbond substituents is 1. The van der Waals surface area contributed by atoms with Crippen molar-refractivity contribution >= 4 is 17.5 Å². The maximum Gasteiger partial charge on any atom is 0.240 e. The zero-order chi connectivity index (χ0) is 15.4. The summed E-state index contributed by atoms with van der Waals surface area (Å²) in [6.07, 6.45) is 0.0758. The number of carbonyl (C=O) groups is 2. The zero-order valence-corrected chi connectivity index (χ0v) is 11.9. The van der Waals surface area contributed by atoms with Crippen LogP contribution in [0.15, 0.2) is 29.4 Å². The number of hydrogen-bond donors (Lipinski definition) is 4. The number of phenols is 1. The molecule has 4 N–H and O–H groups in total. The maximum absolute atomic E-state index is 11.8. The van der Waals surface area contributed by atoms with E-state index in [-0.39, 0.29) is 30.0 Å². The number of nitrogens with one attached hydrogen (secondary N) is 3. The minimum absolute atomic E-state index is 0.0758. The van der Waals surface area contributed by atoms with Gasteiger partial charge in [-0.2, -0.15) is 5.10 Å². The molecule has 0 radical (unpaired) electrons. The third kappa shape index (κ3) is 3.79. The summed E-state index contributed by atoms with van der Waals surface area (Å²) in [6.45, 7) is 3.58. The number of aromatic hydroxyl groups is 1. The molecule has 2 unspecified atom stereocenters. The maximum atomic E-state index is 11.8. The molecule has 7 heteroatoms. The normalized spacial score (nSPS) is 22.0. The van der Waals surface area contributed by atoms with Crippen LogP contribution in [-0.4, -0.2) is 28.7 Å². The lowest BCUT2D eigenvalue weighted by molar-refractivity contribution is -0.128. The highest BCUT2D eigenvalue weighted by Gasteiger charge is 2.32. The van der Waals surface area contributed by atoms with Crippen molar-refractivity contribution in [3.05, 3.63) is 29.8 Å². The van der Waals surface area contributed by atoms with Gasteiger partial charge in [-0.1, -0.05) is 0 Å². The van der Waals surface area contributed by atoms with Crippen LogP contribution in [0.5, 0.6) is 5.75 Å². The van der Waals surface area contributed by atoms with E-state index in [4.69, 9.17) is 0 Å². The van der Waals surface area contributed by atoms with Crippen molar-refractivity contribution in [2.24, 2.45) is 11.0 Å². The summed E-state index contributed by atoms with van der Waals surface area (Å²) in [5.41, 5.74) is 9.13. The van der Waals surface area contributed by atoms with Gasteiger partial charge in [0.25, 0.3) is 0 Å². The fraction of sp³-hybridized carbons (Fsp3) is 0.357. The van der Waals surface area contributed by atoms with Crippen molar-refractivity contribution in [3.8, 4) is 5.75 Å². The molecule has 1 aromatic rings. The van der Waals surface area contributed by atoms with Crippen LogP contribution in [-0.2, 0) is 9.59 Å². The molecule has 2 amide bonds. The molecule has 112 valence electrons. The van der Waals surface area contributed by atoms with Crippen LogP contribution in [0.4, 0.5) is 0 Å². The van der Waals surface area contributed by atoms with Gasteiger partial charge in [0.1, 0.15) is 5.75 Å². The molecule has 1 aliphatic heterocycles. The van der Waals surface area contributed by atoms with Gasteiger partial charge in [0.05, 0.1) is 11.6 Å². The van der Waals surface area contributed by atoms with E-state index < -0.39 is 5.92 Å². The number of hydrazine groups is 1. The number of hydrogen-bond acceptors (Lipinski definition) is 5. The Kier molecular flexibility index (Phi) is 4.54. The second-order valence-electron chi connectivity index (χ2n) is 5.01. The molecule has 21 heavy (non-hydrogen) atoms. The molecule has 7 nitrogen and oxygen atoms in total. The third-order valence-corrected chi connectivity index (χ3v) is 3.40. The van der Waals surface area contributed by atoms with E-state index in [2.05, 4.69) is 21.4 Å². The third-order valence-electron chi connectivity index (χ3n) is 3.40. The highest BCUT2D eigenvalue weighted by atomic mass is 16.3. The van der Waals surface area contributed by atoms with E-state index in [1.165, 1.54) is 0 Å². The van der Waals surface area contributed by atoms with Crippen LogP contribution in [0.3, 0.4) is 0 Å². The standard InChI is InChI=1S/C14H18N4O3/c1-8(10-3-5-11(19)6-4-10)15-17-13(20)7-12-9(2)16-18-14(12)21/h3-6,9,12,16,19H,7H2,1-2H3,(H,17,20)(H,18,21)/b15-8+. The average Bonchev–Trinajstić information content (AvgIpc) is 2.77. The van der Waals surface area contributed by atoms with Crippen molar-refractivity contribution in [2.75, 3.05) is 0 Å². The first-order valence-electron chi connectivity index (χ1n) is 6.65. The summed E-state index contributed by atoms with van der Waals surface area (Å²) < 4.78 is 0. The predicted octanol–water partition coefficient (Wildman–Crippen LogP) is 0.262. The monoisotopic (exact) mass is 290 g/mol. The second kappa shape index (κ2) is 6.36. The van der Waals surface area contributed by atoms with E-state index in [1.807, 2.05) is 6.92 Å². The largest absolute Gasteiger partial charge is 0.508 e. The minimum atomic E-state index is -0.394. The molecule has 2 rings (SSSR count). The lowest BCUT2D eigenvalue weighted by Gasteiger charge is -2.10. The molecule has 1 fully saturated rings. The Bertz CT molecular complexity index is 568. The van der Waals surface area contributed by atoms with Crippen molar-refractivity contribution in [1.82, 2.24) is 16.3 Å². The van der Waals surface area contributed by atoms with Crippen LogP contribution < -0.4 is 16.3 Å². The number of benzene rings is 1. The highest BCUT2D eigenvalue weighted by Crippen LogP contribution is 2.13. The fourth-order valence-corrected chi connectivity index (χ4v) is 2.03. The molecule has 1 heterocycles. The SMILES string of the molecule is C/C(=N\NC(=O)CC1C(=O)NNC1C)c1ccc(O)cc1. The molecule has 0 aromatic heterocycles. The topological polar surface area (TPSA) is 103 Å². The van der Waals surface area contributed by atoms with Gasteiger partial charge in [-0.15, -0.1) is 0 Å². The molecule has 0 saturated carbocycles. The molecule has 0 aliphatic carbocycles. The fourth-order valence-electron chi connectivity index (χ4n) is 2.03. The summed E-state index contributed by atoms with van der Waals surface area (Å²) in [7, 11) is 0. The minimum Gasteiger partial charge on any atom is -0.508 e. The van der Waals surface area contributed by atoms with Gasteiger partial charge < -0.3 is 5.11 Å². The van der Waals surface area contributed by atoms with E-state index in [0.717, 1.165) is 5.56 Å². The van der Waals surface area contributed by atoms with E-state index >= 15 is 0 Å². The van der Waals surface area contributed by atoms with Crippen molar-refractivity contribution in [3.63, 3.8) is 0 Å². The molecule has 2 atom stereocenters. The summed E-state index contributed by atoms with van der Waals surface area (Å²) >= 11 is 0. The van der Waals surface area contributed by atoms with Crippen LogP contribution >= 0.6 is 0 Å². The molecule has 0 spiro atoms. The Labute approximate surface area is 122 Å². The number of nitrogens with zero attached hydrogens (tertiary/aromatic N) is 1. The Morgan fingerprint density at radius 2 is 2.05 bits per heavy atom. The average molecular weight is 290 g/mol. The number of carbonyl (C=O) groups excluding carboxylic acids is 2. The molecule has 1 saturated heterocycles. The van der Waals surface area contributed by atoms with E-state index in [0.29, 0.717) is 5.71 Å². The Morgan fingerprint density at radius 1 is 1.38 bits per heavy atom. The number of rotatable bonds is 4. The zero-order valence-electron chi connectivity index (χ0n) is 11.9. The smallest absolute Gasteiger partial charge is 0.240 e. The molecule has 1 aromatic carbocycles. The summed E-state index contributed by atoms with van der Waals surface area (Å²) in [5, 5.41) is 13.2. The van der Waals surface area contributed by atoms with Gasteiger partial charge >= 0.3 is 0 Å². The lowest BCUT2D eigenvalue weighted by atomic mass is 9.99. The van der Waals surface area contributed by atoms with Crippen LogP contribution in [0.1, 0.15) is 25.8 Å². The van der Waals surface area contributed by atoms with Gasteiger partial charge in [0.2, 0.25) is 11.8 Å². The first-order chi connectivity index (χ1) is 9.97. The molecule has 1 aliphatic rings. The quantitative estimate of drug-likeness (QED) is 0.472. The Morgan fingerprint density at radius 3 is 2.62 bits per heavy atom. The first kappa shape index (κ1) is 15.0. The molecular formula is C14H18N4O3. The van der Waals surface area contributed by atoms with Crippen molar-refractivity contribution < 1.29 is 14.7 Å². The van der Waals surface area contributed by atoms with Crippen molar-refractivity contribution in [2.45, 2.75) is 26.3 Å². The predicted molar refractivity (Wildman–Crippen MR) is 77.3 cm³/mol. The van der Waals surface area contributed by atoms with Crippen molar-refractivity contribution in [1.29, 1.82) is 0 Å². The Hall–Kier alpha value is -2.41. The first-order valence-corrected chi connectivity index (χ1v) is 6.65. The molecule has 0 bridgehead atoms.